The van der Waals surface area contributed by atoms with Crippen molar-refractivity contribution in [3.05, 3.63) is 29.8 Å². The highest BCUT2D eigenvalue weighted by Gasteiger charge is 2.52. The van der Waals surface area contributed by atoms with Gasteiger partial charge in [0.15, 0.2) is 14.9 Å². The van der Waals surface area contributed by atoms with Crippen LogP contribution in [-0.4, -0.2) is 62.3 Å². The molecule has 2 aliphatic rings. The summed E-state index contributed by atoms with van der Waals surface area (Å²) >= 11 is 5.44. The van der Waals surface area contributed by atoms with Crippen molar-refractivity contribution in [2.75, 3.05) is 36.7 Å². The number of sulfone groups is 1. The van der Waals surface area contributed by atoms with Gasteiger partial charge in [0.2, 0.25) is 0 Å². The molecule has 138 valence electrons. The predicted molar refractivity (Wildman–Crippen MR) is 91.3 cm³/mol. The number of halogens is 3. The first-order valence-corrected chi connectivity index (χ1v) is 9.83. The van der Waals surface area contributed by atoms with Gasteiger partial charge in [-0.15, -0.1) is 0 Å². The predicted octanol–water partition coefficient (Wildman–Crippen LogP) is 1.92. The van der Waals surface area contributed by atoms with Gasteiger partial charge < -0.3 is 14.5 Å². The molecule has 2 fully saturated rings. The van der Waals surface area contributed by atoms with Gasteiger partial charge in [-0.1, -0.05) is 6.07 Å². The standard InChI is InChI=1S/C15H17F3N2O3S2/c1-23-6-5-19-12-8-25(21,22)9-13(12)20(14(19)24)11-4-2-3-10(7-11)15(16,17)18/h2-4,7,12-13H,5-6,8-9H2,1H3/t12-,13+/m1/s1. The fourth-order valence-electron chi connectivity index (χ4n) is 3.36. The zero-order valence-corrected chi connectivity index (χ0v) is 15.0. The summed E-state index contributed by atoms with van der Waals surface area (Å²) in [6, 6.07) is 3.95. The Balaban J connectivity index is 1.99. The van der Waals surface area contributed by atoms with E-state index in [9.17, 15) is 21.6 Å². The average molecular weight is 394 g/mol. The van der Waals surface area contributed by atoms with E-state index in [0.717, 1.165) is 12.1 Å². The van der Waals surface area contributed by atoms with Gasteiger partial charge in [0.1, 0.15) is 0 Å². The highest BCUT2D eigenvalue weighted by Crippen LogP contribution is 2.37. The number of benzene rings is 1. The summed E-state index contributed by atoms with van der Waals surface area (Å²) in [6.07, 6.45) is -4.48. The van der Waals surface area contributed by atoms with Crippen LogP contribution in [0.4, 0.5) is 18.9 Å². The second-order valence-corrected chi connectivity index (χ2v) is 8.62. The van der Waals surface area contributed by atoms with Crippen LogP contribution < -0.4 is 4.90 Å². The fourth-order valence-corrected chi connectivity index (χ4v) is 5.78. The molecule has 0 saturated carbocycles. The normalized spacial score (nSPS) is 25.5. The van der Waals surface area contributed by atoms with Crippen LogP contribution in [0.25, 0.3) is 0 Å². The van der Waals surface area contributed by atoms with Gasteiger partial charge >= 0.3 is 6.18 Å². The molecule has 0 radical (unpaired) electrons. The molecular weight excluding hydrogens is 377 g/mol. The minimum atomic E-state index is -4.48. The molecule has 2 heterocycles. The molecule has 2 atom stereocenters. The quantitative estimate of drug-likeness (QED) is 0.728. The number of rotatable bonds is 4. The van der Waals surface area contributed by atoms with Gasteiger partial charge in [-0.2, -0.15) is 13.2 Å². The largest absolute Gasteiger partial charge is 0.416 e. The first-order chi connectivity index (χ1) is 11.6. The molecule has 1 aromatic rings. The molecule has 10 heteroatoms. The van der Waals surface area contributed by atoms with Crippen LogP contribution in [0.3, 0.4) is 0 Å². The summed E-state index contributed by atoms with van der Waals surface area (Å²) in [6.45, 7) is 0.737. The topological polar surface area (TPSA) is 49.9 Å². The van der Waals surface area contributed by atoms with Gasteiger partial charge in [-0.25, -0.2) is 8.42 Å². The number of alkyl halides is 3. The minimum absolute atomic E-state index is 0.0585. The van der Waals surface area contributed by atoms with Crippen LogP contribution in [0.5, 0.6) is 0 Å². The maximum atomic E-state index is 13.0. The first kappa shape index (κ1) is 18.4. The van der Waals surface area contributed by atoms with E-state index in [1.165, 1.54) is 24.1 Å². The lowest BCUT2D eigenvalue weighted by Crippen LogP contribution is -2.39. The number of ether oxygens (including phenoxy) is 1. The molecular formula is C15H17F3N2O3S2. The molecule has 0 spiro atoms. The van der Waals surface area contributed by atoms with Crippen molar-refractivity contribution in [1.82, 2.24) is 4.90 Å². The summed E-state index contributed by atoms with van der Waals surface area (Å²) in [4.78, 5) is 3.28. The summed E-state index contributed by atoms with van der Waals surface area (Å²) in [5.41, 5.74) is -0.535. The zero-order valence-electron chi connectivity index (χ0n) is 13.4. The van der Waals surface area contributed by atoms with Gasteiger partial charge in [0.05, 0.1) is 35.8 Å². The van der Waals surface area contributed by atoms with Crippen LogP contribution in [0.1, 0.15) is 5.56 Å². The Morgan fingerprint density at radius 3 is 2.60 bits per heavy atom. The molecule has 0 N–H and O–H groups in total. The maximum absolute atomic E-state index is 13.0. The highest BCUT2D eigenvalue weighted by molar-refractivity contribution is 7.91. The van der Waals surface area contributed by atoms with Crippen LogP contribution in [0.2, 0.25) is 0 Å². The van der Waals surface area contributed by atoms with E-state index in [-0.39, 0.29) is 23.2 Å². The second-order valence-electron chi connectivity index (χ2n) is 6.10. The van der Waals surface area contributed by atoms with Crippen LogP contribution in [0, 0.1) is 0 Å². The monoisotopic (exact) mass is 394 g/mol. The molecule has 3 rings (SSSR count). The minimum Gasteiger partial charge on any atom is -0.383 e. The highest BCUT2D eigenvalue weighted by atomic mass is 32.2. The third-order valence-corrected chi connectivity index (χ3v) is 6.60. The Morgan fingerprint density at radius 1 is 1.28 bits per heavy atom. The summed E-state index contributed by atoms with van der Waals surface area (Å²) in [5, 5.41) is 0.335. The van der Waals surface area contributed by atoms with Crippen molar-refractivity contribution in [3.63, 3.8) is 0 Å². The fraction of sp³-hybridized carbons (Fsp3) is 0.533. The molecule has 2 saturated heterocycles. The van der Waals surface area contributed by atoms with Crippen molar-refractivity contribution in [2.45, 2.75) is 18.3 Å². The number of fused-ring (bicyclic) bond motifs is 1. The Kier molecular flexibility index (Phi) is 4.71. The van der Waals surface area contributed by atoms with Gasteiger partial charge in [-0.3, -0.25) is 0 Å². The van der Waals surface area contributed by atoms with Crippen LogP contribution in [-0.2, 0) is 20.8 Å². The molecule has 0 aliphatic carbocycles. The van der Waals surface area contributed by atoms with Crippen LogP contribution in [0.15, 0.2) is 24.3 Å². The number of nitrogens with zero attached hydrogens (tertiary/aromatic N) is 2. The lowest BCUT2D eigenvalue weighted by atomic mass is 10.1. The Morgan fingerprint density at radius 2 is 1.96 bits per heavy atom. The van der Waals surface area contributed by atoms with E-state index >= 15 is 0 Å². The maximum Gasteiger partial charge on any atom is 0.416 e. The van der Waals surface area contributed by atoms with Gasteiger partial charge in [-0.05, 0) is 30.4 Å². The number of thiocarbonyl (C=S) groups is 1. The number of hydrogen-bond acceptors (Lipinski definition) is 4. The van der Waals surface area contributed by atoms with Crippen molar-refractivity contribution < 1.29 is 26.3 Å². The smallest absolute Gasteiger partial charge is 0.383 e. The molecule has 5 nitrogen and oxygen atoms in total. The van der Waals surface area contributed by atoms with E-state index in [4.69, 9.17) is 17.0 Å². The summed E-state index contributed by atoms with van der Waals surface area (Å²) < 4.78 is 68.2. The molecule has 0 bridgehead atoms. The molecule has 1 aromatic carbocycles. The van der Waals surface area contributed by atoms with Gasteiger partial charge in [0, 0.05) is 19.3 Å². The average Bonchev–Trinajstić information content (AvgIpc) is 2.94. The number of anilines is 1. The third-order valence-electron chi connectivity index (χ3n) is 4.47. The molecule has 0 aromatic heterocycles. The first-order valence-electron chi connectivity index (χ1n) is 7.60. The zero-order chi connectivity index (χ0) is 18.4. The molecule has 25 heavy (non-hydrogen) atoms. The second kappa shape index (κ2) is 6.40. The van der Waals surface area contributed by atoms with Crippen molar-refractivity contribution >= 4 is 32.9 Å². The summed E-state index contributed by atoms with van der Waals surface area (Å²) in [7, 11) is -1.75. The van der Waals surface area contributed by atoms with Crippen LogP contribution >= 0.6 is 12.2 Å². The van der Waals surface area contributed by atoms with Crippen molar-refractivity contribution in [3.8, 4) is 0 Å². The SMILES string of the molecule is COCCN1C(=S)N(c2cccc(C(F)(F)F)c2)[C@H]2CS(=O)(=O)C[C@H]21. The summed E-state index contributed by atoms with van der Waals surface area (Å²) in [5.74, 6) is -0.186. The molecule has 0 amide bonds. The number of hydrogen-bond donors (Lipinski definition) is 0. The Bertz CT molecular complexity index is 782. The van der Waals surface area contributed by atoms with Crippen molar-refractivity contribution in [2.24, 2.45) is 0 Å². The Labute approximate surface area is 149 Å². The van der Waals surface area contributed by atoms with Crippen molar-refractivity contribution in [1.29, 1.82) is 0 Å². The lowest BCUT2D eigenvalue weighted by Gasteiger charge is -2.26. The third kappa shape index (κ3) is 3.47. The lowest BCUT2D eigenvalue weighted by molar-refractivity contribution is -0.137. The van der Waals surface area contributed by atoms with E-state index in [0.29, 0.717) is 18.3 Å². The molecule has 2 aliphatic heterocycles. The number of methoxy groups -OCH3 is 1. The van der Waals surface area contributed by atoms with E-state index < -0.39 is 27.6 Å². The van der Waals surface area contributed by atoms with E-state index in [1.54, 1.807) is 4.90 Å². The Hall–Kier alpha value is -1.39. The van der Waals surface area contributed by atoms with E-state index in [2.05, 4.69) is 0 Å². The van der Waals surface area contributed by atoms with Gasteiger partial charge in [0.25, 0.3) is 0 Å². The van der Waals surface area contributed by atoms with E-state index in [1.807, 2.05) is 0 Å². The molecule has 0 unspecified atom stereocenters.